The Hall–Kier alpha value is -1.67. The van der Waals surface area contributed by atoms with Crippen LogP contribution in [0.1, 0.15) is 10.4 Å². The van der Waals surface area contributed by atoms with Gasteiger partial charge in [-0.05, 0) is 6.07 Å². The Kier molecular flexibility index (Phi) is 3.45. The van der Waals surface area contributed by atoms with Crippen LogP contribution in [0.5, 0.6) is 0 Å². The lowest BCUT2D eigenvalue weighted by Crippen LogP contribution is -2.01. The summed E-state index contributed by atoms with van der Waals surface area (Å²) in [5, 5.41) is 18.5. The maximum Gasteiger partial charge on any atom is 0.335 e. The molecule has 9 heteroatoms. The molecule has 0 atom stereocenters. The third kappa shape index (κ3) is 2.28. The van der Waals surface area contributed by atoms with E-state index in [0.717, 1.165) is 6.07 Å². The lowest BCUT2D eigenvalue weighted by Gasteiger charge is -2.00. The van der Waals surface area contributed by atoms with Crippen molar-refractivity contribution in [3.05, 3.63) is 32.8 Å². The van der Waals surface area contributed by atoms with E-state index in [9.17, 15) is 23.3 Å². The summed E-state index contributed by atoms with van der Waals surface area (Å²) in [5.41, 5.74) is -1.26. The van der Waals surface area contributed by atoms with Crippen molar-refractivity contribution in [2.45, 2.75) is 4.90 Å². The Morgan fingerprint density at radius 2 is 2.00 bits per heavy atom. The summed E-state index contributed by atoms with van der Waals surface area (Å²) in [4.78, 5) is 19.6. The van der Waals surface area contributed by atoms with Crippen LogP contribution in [0, 0.1) is 10.1 Å². The molecular formula is C7H4ClNO6S. The summed E-state index contributed by atoms with van der Waals surface area (Å²) in [6, 6.07) is 1.47. The van der Waals surface area contributed by atoms with Gasteiger partial charge in [-0.3, -0.25) is 10.1 Å². The first-order valence-corrected chi connectivity index (χ1v) is 5.25. The van der Waals surface area contributed by atoms with Gasteiger partial charge in [-0.15, -0.1) is 0 Å². The fraction of sp³-hybridized carbons (Fsp3) is 0. The summed E-state index contributed by atoms with van der Waals surface area (Å²) in [6.07, 6.45) is 0. The first kappa shape index (κ1) is 12.4. The summed E-state index contributed by atoms with van der Waals surface area (Å²) < 4.78 is 21.4. The van der Waals surface area contributed by atoms with Gasteiger partial charge in [-0.2, -0.15) is 0 Å². The number of carbonyl (C=O) groups is 1. The van der Waals surface area contributed by atoms with Crippen molar-refractivity contribution in [3.8, 4) is 0 Å². The van der Waals surface area contributed by atoms with Crippen LogP contribution in [-0.2, 0) is 10.7 Å². The monoisotopic (exact) mass is 265 g/mol. The van der Waals surface area contributed by atoms with Gasteiger partial charge >= 0.3 is 5.97 Å². The number of thiol groups is 1. The topological polar surface area (TPSA) is 115 Å². The number of nitro groups is 1. The van der Waals surface area contributed by atoms with Gasteiger partial charge in [0.2, 0.25) is 0 Å². The van der Waals surface area contributed by atoms with E-state index in [-0.39, 0.29) is 0 Å². The van der Waals surface area contributed by atoms with E-state index in [1.54, 1.807) is 0 Å². The zero-order valence-corrected chi connectivity index (χ0v) is 9.07. The molecule has 0 fully saturated rings. The molecule has 0 aliphatic heterocycles. The molecule has 1 N–H and O–H groups in total. The van der Waals surface area contributed by atoms with Gasteiger partial charge in [0.25, 0.3) is 5.69 Å². The number of aromatic carboxylic acids is 1. The number of carboxylic acids is 1. The lowest BCUT2D eigenvalue weighted by molar-refractivity contribution is -0.384. The van der Waals surface area contributed by atoms with Crippen molar-refractivity contribution >= 4 is 34.0 Å². The van der Waals surface area contributed by atoms with Crippen molar-refractivity contribution in [1.29, 1.82) is 0 Å². The number of hydrogen-bond acceptors (Lipinski definition) is 5. The van der Waals surface area contributed by atoms with Crippen molar-refractivity contribution < 1.29 is 23.2 Å². The fourth-order valence-electron chi connectivity index (χ4n) is 0.983. The van der Waals surface area contributed by atoms with Crippen LogP contribution in [0.25, 0.3) is 0 Å². The molecule has 0 aliphatic rings. The largest absolute Gasteiger partial charge is 0.478 e. The Morgan fingerprint density at radius 1 is 1.44 bits per heavy atom. The van der Waals surface area contributed by atoms with Gasteiger partial charge in [-0.1, -0.05) is 11.6 Å². The third-order valence-corrected chi connectivity index (χ3v) is 2.95. The molecule has 0 radical (unpaired) electrons. The number of carboxylic acid groups (broad SMARTS) is 1. The highest BCUT2D eigenvalue weighted by atomic mass is 35.5. The molecule has 0 heterocycles. The van der Waals surface area contributed by atoms with Gasteiger partial charge in [0.05, 0.1) is 15.4 Å². The van der Waals surface area contributed by atoms with Crippen LogP contribution in [-0.4, -0.2) is 24.4 Å². The third-order valence-electron chi connectivity index (χ3n) is 1.67. The molecule has 0 spiro atoms. The SMILES string of the molecule is O=C(O)c1cc([N+](=O)[O-])c(Cl)c([SH](=O)=O)c1. The normalized spacial score (nSPS) is 10.4. The minimum absolute atomic E-state index is 0.509. The number of rotatable bonds is 3. The van der Waals surface area contributed by atoms with Crippen LogP contribution in [0.15, 0.2) is 17.0 Å². The van der Waals surface area contributed by atoms with Gasteiger partial charge in [0.1, 0.15) is 5.02 Å². The van der Waals surface area contributed by atoms with E-state index in [0.29, 0.717) is 6.07 Å². The predicted molar refractivity (Wildman–Crippen MR) is 53.6 cm³/mol. The Bertz CT molecular complexity index is 544. The van der Waals surface area contributed by atoms with E-state index in [1.807, 2.05) is 0 Å². The van der Waals surface area contributed by atoms with Crippen LogP contribution in [0.3, 0.4) is 0 Å². The van der Waals surface area contributed by atoms with Crippen LogP contribution >= 0.6 is 11.6 Å². The first-order chi connectivity index (χ1) is 7.34. The molecule has 7 nitrogen and oxygen atoms in total. The number of benzene rings is 1. The Labute approximate surface area is 95.4 Å². The van der Waals surface area contributed by atoms with E-state index in [2.05, 4.69) is 0 Å². The Balaban J connectivity index is 3.64. The molecule has 0 amide bonds. The molecule has 0 saturated heterocycles. The van der Waals surface area contributed by atoms with Crippen LogP contribution in [0.4, 0.5) is 5.69 Å². The van der Waals surface area contributed by atoms with Gasteiger partial charge in [-0.25, -0.2) is 13.2 Å². The predicted octanol–water partition coefficient (Wildman–Crippen LogP) is 0.917. The highest BCUT2D eigenvalue weighted by Gasteiger charge is 2.21. The quantitative estimate of drug-likeness (QED) is 0.477. The molecule has 1 rings (SSSR count). The summed E-state index contributed by atoms with van der Waals surface area (Å²) >= 11 is 5.46. The smallest absolute Gasteiger partial charge is 0.335 e. The standard InChI is InChI=1S/C7H4ClNO6S/c8-6-4(9(12)13)1-3(7(10)11)2-5(6)16(14)15/h1-2,16H,(H,10,11). The van der Waals surface area contributed by atoms with E-state index < -0.39 is 42.8 Å². The Morgan fingerprint density at radius 3 is 2.38 bits per heavy atom. The zero-order chi connectivity index (χ0) is 12.5. The maximum atomic E-state index is 10.7. The molecule has 0 saturated carbocycles. The van der Waals surface area contributed by atoms with E-state index in [1.165, 1.54) is 0 Å². The fourth-order valence-corrected chi connectivity index (χ4v) is 1.89. The lowest BCUT2D eigenvalue weighted by atomic mass is 10.2. The minimum atomic E-state index is -3.20. The number of nitrogens with zero attached hydrogens (tertiary/aromatic N) is 1. The van der Waals surface area contributed by atoms with Gasteiger partial charge in [0, 0.05) is 6.07 Å². The van der Waals surface area contributed by atoms with Gasteiger partial charge < -0.3 is 5.11 Å². The summed E-state index contributed by atoms with van der Waals surface area (Å²) in [6.45, 7) is 0. The van der Waals surface area contributed by atoms with Crippen molar-refractivity contribution in [3.63, 3.8) is 0 Å². The second-order valence-corrected chi connectivity index (χ2v) is 4.02. The van der Waals surface area contributed by atoms with Crippen molar-refractivity contribution in [1.82, 2.24) is 0 Å². The highest BCUT2D eigenvalue weighted by Crippen LogP contribution is 2.30. The molecule has 0 aliphatic carbocycles. The highest BCUT2D eigenvalue weighted by molar-refractivity contribution is 7.72. The second kappa shape index (κ2) is 4.45. The molecular weight excluding hydrogens is 262 g/mol. The number of hydrogen-bond donors (Lipinski definition) is 2. The van der Waals surface area contributed by atoms with Crippen LogP contribution < -0.4 is 0 Å². The molecule has 0 bridgehead atoms. The zero-order valence-electron chi connectivity index (χ0n) is 7.42. The second-order valence-electron chi connectivity index (χ2n) is 2.65. The van der Waals surface area contributed by atoms with E-state index >= 15 is 0 Å². The number of halogens is 1. The minimum Gasteiger partial charge on any atom is -0.478 e. The maximum absolute atomic E-state index is 10.7. The summed E-state index contributed by atoms with van der Waals surface area (Å²) in [5.74, 6) is -1.47. The average Bonchev–Trinajstić information content (AvgIpc) is 2.16. The molecule has 1 aromatic rings. The molecule has 16 heavy (non-hydrogen) atoms. The van der Waals surface area contributed by atoms with Crippen LogP contribution in [0.2, 0.25) is 5.02 Å². The molecule has 1 aromatic carbocycles. The van der Waals surface area contributed by atoms with Crippen molar-refractivity contribution in [2.75, 3.05) is 0 Å². The molecule has 0 unspecified atom stereocenters. The molecule has 86 valence electrons. The molecule has 0 aromatic heterocycles. The average molecular weight is 266 g/mol. The number of nitro benzene ring substituents is 1. The van der Waals surface area contributed by atoms with E-state index in [4.69, 9.17) is 16.7 Å². The first-order valence-electron chi connectivity index (χ1n) is 3.70. The van der Waals surface area contributed by atoms with Crippen molar-refractivity contribution in [2.24, 2.45) is 0 Å². The van der Waals surface area contributed by atoms with Gasteiger partial charge in [0.15, 0.2) is 10.7 Å². The summed E-state index contributed by atoms with van der Waals surface area (Å²) in [7, 11) is -3.20.